The Morgan fingerprint density at radius 2 is 1.85 bits per heavy atom. The van der Waals surface area contributed by atoms with Crippen molar-refractivity contribution < 1.29 is 0 Å². The predicted molar refractivity (Wildman–Crippen MR) is 86.4 cm³/mol. The monoisotopic (exact) mass is 286 g/mol. The molecular weight excluding hydrogens is 268 g/mol. The number of nitrogens with two attached hydrogens (primary N) is 1. The zero-order chi connectivity index (χ0) is 14.5. The molecule has 0 aliphatic rings. The van der Waals surface area contributed by atoms with E-state index in [9.17, 15) is 0 Å². The van der Waals surface area contributed by atoms with Gasteiger partial charge >= 0.3 is 0 Å². The molecule has 5 heteroatoms. The van der Waals surface area contributed by atoms with Gasteiger partial charge < -0.3 is 11.1 Å². The summed E-state index contributed by atoms with van der Waals surface area (Å²) in [6.45, 7) is 4.26. The zero-order valence-electron chi connectivity index (χ0n) is 11.7. The van der Waals surface area contributed by atoms with Crippen molar-refractivity contribution in [2.75, 3.05) is 5.32 Å². The minimum atomic E-state index is 0.314. The third-order valence-corrected chi connectivity index (χ3v) is 3.45. The number of thiocarbonyl (C=S) groups is 1. The molecule has 2 aromatic rings. The molecule has 0 spiro atoms. The van der Waals surface area contributed by atoms with Crippen LogP contribution >= 0.6 is 12.2 Å². The Labute approximate surface area is 124 Å². The molecule has 1 heterocycles. The van der Waals surface area contributed by atoms with Crippen LogP contribution in [0.2, 0.25) is 0 Å². The van der Waals surface area contributed by atoms with Crippen molar-refractivity contribution in [2.24, 2.45) is 5.73 Å². The van der Waals surface area contributed by atoms with Gasteiger partial charge in [0, 0.05) is 5.69 Å². The summed E-state index contributed by atoms with van der Waals surface area (Å²) in [4.78, 5) is 0.314. The lowest BCUT2D eigenvalue weighted by Gasteiger charge is -2.16. The average molecular weight is 286 g/mol. The molecule has 4 nitrogen and oxygen atoms in total. The molecule has 0 unspecified atom stereocenters. The molecule has 0 saturated carbocycles. The van der Waals surface area contributed by atoms with Gasteiger partial charge in [-0.05, 0) is 30.0 Å². The van der Waals surface area contributed by atoms with Gasteiger partial charge in [0.1, 0.15) is 4.99 Å². The van der Waals surface area contributed by atoms with Crippen LogP contribution in [0.1, 0.15) is 30.5 Å². The van der Waals surface area contributed by atoms with E-state index in [1.54, 1.807) is 12.3 Å². The second-order valence-corrected chi connectivity index (χ2v) is 4.88. The largest absolute Gasteiger partial charge is 0.389 e. The molecule has 0 aliphatic heterocycles. The highest BCUT2D eigenvalue weighted by Crippen LogP contribution is 2.26. The molecule has 1 aromatic carbocycles. The number of nitrogens with one attached hydrogen (secondary N) is 1. The Morgan fingerprint density at radius 1 is 1.20 bits per heavy atom. The molecule has 0 atom stereocenters. The smallest absolute Gasteiger partial charge is 0.163 e. The second kappa shape index (κ2) is 6.43. The van der Waals surface area contributed by atoms with Gasteiger partial charge in [0.25, 0.3) is 0 Å². The van der Waals surface area contributed by atoms with Crippen molar-refractivity contribution in [2.45, 2.75) is 26.7 Å². The summed E-state index contributed by atoms with van der Waals surface area (Å²) < 4.78 is 0. The summed E-state index contributed by atoms with van der Waals surface area (Å²) in [5.74, 6) is 0.607. The zero-order valence-corrected chi connectivity index (χ0v) is 12.5. The Bertz CT molecular complexity index is 603. The summed E-state index contributed by atoms with van der Waals surface area (Å²) in [6, 6.07) is 8.07. The van der Waals surface area contributed by atoms with E-state index >= 15 is 0 Å². The predicted octanol–water partition coefficient (Wildman–Crippen LogP) is 2.98. The summed E-state index contributed by atoms with van der Waals surface area (Å²) in [6.07, 6.45) is 3.48. The Kier molecular flexibility index (Phi) is 4.63. The molecule has 0 aliphatic carbocycles. The van der Waals surface area contributed by atoms with Gasteiger partial charge in [-0.2, -0.15) is 5.10 Å². The van der Waals surface area contributed by atoms with Gasteiger partial charge in [0.05, 0.1) is 11.8 Å². The van der Waals surface area contributed by atoms with E-state index in [1.807, 2.05) is 0 Å². The lowest BCUT2D eigenvalue weighted by Crippen LogP contribution is -2.14. The molecular formula is C15H18N4S. The van der Waals surface area contributed by atoms with Crippen LogP contribution < -0.4 is 11.1 Å². The van der Waals surface area contributed by atoms with Crippen molar-refractivity contribution in [3.05, 3.63) is 47.2 Å². The van der Waals surface area contributed by atoms with Crippen molar-refractivity contribution in [3.63, 3.8) is 0 Å². The van der Waals surface area contributed by atoms with E-state index in [1.165, 1.54) is 11.1 Å². The van der Waals surface area contributed by atoms with Crippen molar-refractivity contribution in [1.82, 2.24) is 10.2 Å². The highest BCUT2D eigenvalue weighted by molar-refractivity contribution is 7.80. The molecule has 1 aromatic heterocycles. The first-order chi connectivity index (χ1) is 9.67. The quantitative estimate of drug-likeness (QED) is 0.827. The third kappa shape index (κ3) is 2.93. The minimum Gasteiger partial charge on any atom is -0.389 e. The Hall–Kier alpha value is -2.01. The van der Waals surface area contributed by atoms with Crippen LogP contribution in [0.5, 0.6) is 0 Å². The van der Waals surface area contributed by atoms with Gasteiger partial charge in [0.15, 0.2) is 5.82 Å². The molecule has 0 amide bonds. The van der Waals surface area contributed by atoms with Crippen LogP contribution in [-0.2, 0) is 12.8 Å². The maximum absolute atomic E-state index is 5.73. The number of para-hydroxylation sites is 1. The molecule has 0 radical (unpaired) electrons. The van der Waals surface area contributed by atoms with Crippen LogP contribution in [0.3, 0.4) is 0 Å². The summed E-state index contributed by atoms with van der Waals surface area (Å²) in [7, 11) is 0. The van der Waals surface area contributed by atoms with Crippen LogP contribution in [0.4, 0.5) is 11.5 Å². The minimum absolute atomic E-state index is 0.314. The second-order valence-electron chi connectivity index (χ2n) is 4.44. The highest BCUT2D eigenvalue weighted by Gasteiger charge is 2.11. The van der Waals surface area contributed by atoms with E-state index in [4.69, 9.17) is 18.0 Å². The number of aryl methyl sites for hydroxylation is 2. The van der Waals surface area contributed by atoms with Gasteiger partial charge in [-0.3, -0.25) is 0 Å². The van der Waals surface area contributed by atoms with Gasteiger partial charge in [0.2, 0.25) is 0 Å². The number of hydrogen-bond donors (Lipinski definition) is 2. The average Bonchev–Trinajstić information content (AvgIpc) is 2.47. The number of anilines is 2. The number of aromatic nitrogens is 2. The number of benzene rings is 1. The maximum Gasteiger partial charge on any atom is 0.163 e. The molecule has 2 rings (SSSR count). The normalized spacial score (nSPS) is 10.3. The first-order valence-electron chi connectivity index (χ1n) is 6.66. The SMILES string of the molecule is CCc1cccc(CC)c1Nc1nnccc1C(N)=S. The van der Waals surface area contributed by atoms with E-state index in [-0.39, 0.29) is 0 Å². The lowest BCUT2D eigenvalue weighted by molar-refractivity contribution is 1.02. The Balaban J connectivity index is 2.47. The van der Waals surface area contributed by atoms with Gasteiger partial charge in [-0.15, -0.1) is 5.10 Å². The first kappa shape index (κ1) is 14.4. The lowest BCUT2D eigenvalue weighted by atomic mass is 10.0. The fraction of sp³-hybridized carbons (Fsp3) is 0.267. The molecule has 104 valence electrons. The van der Waals surface area contributed by atoms with Gasteiger partial charge in [-0.25, -0.2) is 0 Å². The Morgan fingerprint density at radius 3 is 2.40 bits per heavy atom. The van der Waals surface area contributed by atoms with Crippen LogP contribution in [-0.4, -0.2) is 15.2 Å². The molecule has 20 heavy (non-hydrogen) atoms. The van der Waals surface area contributed by atoms with E-state index in [2.05, 4.69) is 47.6 Å². The van der Waals surface area contributed by atoms with Crippen LogP contribution in [0, 0.1) is 0 Å². The van der Waals surface area contributed by atoms with E-state index in [0.29, 0.717) is 16.4 Å². The van der Waals surface area contributed by atoms with Crippen molar-refractivity contribution in [1.29, 1.82) is 0 Å². The standard InChI is InChI=1S/C15H18N4S/c1-3-10-6-5-7-11(4-2)13(10)18-15-12(14(16)20)8-9-17-19-15/h5-9H,3-4H2,1-2H3,(H2,16,20)(H,18,19). The molecule has 0 fully saturated rings. The number of hydrogen-bond acceptors (Lipinski definition) is 4. The van der Waals surface area contributed by atoms with Crippen molar-refractivity contribution >= 4 is 28.7 Å². The van der Waals surface area contributed by atoms with E-state index in [0.717, 1.165) is 18.5 Å². The van der Waals surface area contributed by atoms with Crippen molar-refractivity contribution in [3.8, 4) is 0 Å². The fourth-order valence-electron chi connectivity index (χ4n) is 2.14. The first-order valence-corrected chi connectivity index (χ1v) is 7.07. The van der Waals surface area contributed by atoms with Crippen LogP contribution in [0.15, 0.2) is 30.5 Å². The van der Waals surface area contributed by atoms with Gasteiger partial charge in [-0.1, -0.05) is 44.3 Å². The third-order valence-electron chi connectivity index (χ3n) is 3.23. The van der Waals surface area contributed by atoms with Crippen LogP contribution in [0.25, 0.3) is 0 Å². The summed E-state index contributed by atoms with van der Waals surface area (Å²) in [5, 5.41) is 11.4. The number of rotatable bonds is 5. The molecule has 3 N–H and O–H groups in total. The molecule has 0 saturated heterocycles. The number of nitrogens with zero attached hydrogens (tertiary/aromatic N) is 2. The highest BCUT2D eigenvalue weighted by atomic mass is 32.1. The maximum atomic E-state index is 5.73. The summed E-state index contributed by atoms with van der Waals surface area (Å²) in [5.41, 5.74) is 10.0. The fourth-order valence-corrected chi connectivity index (χ4v) is 2.31. The van der Waals surface area contributed by atoms with E-state index < -0.39 is 0 Å². The summed E-state index contributed by atoms with van der Waals surface area (Å²) >= 11 is 5.06. The topological polar surface area (TPSA) is 63.8 Å². The molecule has 0 bridgehead atoms.